The molecule has 0 bridgehead atoms. The summed E-state index contributed by atoms with van der Waals surface area (Å²) in [6.07, 6.45) is 3.54. The zero-order valence-electron chi connectivity index (χ0n) is 12.8. The summed E-state index contributed by atoms with van der Waals surface area (Å²) in [4.78, 5) is 17.0. The Morgan fingerprint density at radius 1 is 1.50 bits per heavy atom. The summed E-state index contributed by atoms with van der Waals surface area (Å²) in [5, 5.41) is 0. The SMILES string of the molecule is Cc1ccc(CCCC(=O)N2CCC(N)C(C)(C)C2)s1. The van der Waals surface area contributed by atoms with E-state index in [2.05, 4.69) is 32.9 Å². The lowest BCUT2D eigenvalue weighted by Gasteiger charge is -2.42. The third-order valence-corrected chi connectivity index (χ3v) is 5.34. The zero-order valence-corrected chi connectivity index (χ0v) is 13.6. The monoisotopic (exact) mass is 294 g/mol. The molecular formula is C16H26N2OS. The minimum atomic E-state index is 0.0405. The first kappa shape index (κ1) is 15.5. The summed E-state index contributed by atoms with van der Waals surface area (Å²) in [6.45, 7) is 8.06. The van der Waals surface area contributed by atoms with Gasteiger partial charge < -0.3 is 10.6 Å². The van der Waals surface area contributed by atoms with Gasteiger partial charge >= 0.3 is 0 Å². The Bertz CT molecular complexity index is 467. The number of carbonyl (C=O) groups is 1. The van der Waals surface area contributed by atoms with Crippen LogP contribution in [0.4, 0.5) is 0 Å². The van der Waals surface area contributed by atoms with E-state index in [0.29, 0.717) is 12.3 Å². The highest BCUT2D eigenvalue weighted by atomic mass is 32.1. The van der Waals surface area contributed by atoms with Gasteiger partial charge in [0.2, 0.25) is 5.91 Å². The van der Waals surface area contributed by atoms with Gasteiger partial charge in [-0.2, -0.15) is 0 Å². The lowest BCUT2D eigenvalue weighted by Crippen LogP contribution is -2.53. The van der Waals surface area contributed by atoms with Crippen molar-refractivity contribution in [1.29, 1.82) is 0 Å². The Hall–Kier alpha value is -0.870. The molecule has 112 valence electrons. The van der Waals surface area contributed by atoms with Crippen LogP contribution in [-0.4, -0.2) is 29.9 Å². The van der Waals surface area contributed by atoms with Gasteiger partial charge in [-0.3, -0.25) is 4.79 Å². The van der Waals surface area contributed by atoms with Crippen molar-refractivity contribution in [3.63, 3.8) is 0 Å². The van der Waals surface area contributed by atoms with E-state index in [-0.39, 0.29) is 11.5 Å². The van der Waals surface area contributed by atoms with E-state index in [1.165, 1.54) is 9.75 Å². The summed E-state index contributed by atoms with van der Waals surface area (Å²) >= 11 is 1.83. The largest absolute Gasteiger partial charge is 0.342 e. The molecule has 0 aromatic carbocycles. The maximum atomic E-state index is 12.3. The molecule has 1 aliphatic heterocycles. The van der Waals surface area contributed by atoms with Gasteiger partial charge in [-0.1, -0.05) is 13.8 Å². The number of hydrogen-bond acceptors (Lipinski definition) is 3. The van der Waals surface area contributed by atoms with Crippen LogP contribution in [0.25, 0.3) is 0 Å². The van der Waals surface area contributed by atoms with Crippen molar-refractivity contribution in [3.8, 4) is 0 Å². The molecule has 1 amide bonds. The van der Waals surface area contributed by atoms with Crippen molar-refractivity contribution in [3.05, 3.63) is 21.9 Å². The van der Waals surface area contributed by atoms with Crippen LogP contribution in [0.5, 0.6) is 0 Å². The van der Waals surface area contributed by atoms with Gasteiger partial charge in [-0.25, -0.2) is 0 Å². The average molecular weight is 294 g/mol. The molecule has 1 aromatic rings. The van der Waals surface area contributed by atoms with Crippen LogP contribution < -0.4 is 5.73 Å². The van der Waals surface area contributed by atoms with E-state index in [4.69, 9.17) is 5.73 Å². The van der Waals surface area contributed by atoms with E-state index < -0.39 is 0 Å². The number of thiophene rings is 1. The lowest BCUT2D eigenvalue weighted by molar-refractivity contribution is -0.134. The standard InChI is InChI=1S/C16H26N2OS/c1-12-7-8-13(20-12)5-4-6-15(19)18-10-9-14(17)16(2,3)11-18/h7-8,14H,4-6,9-11,17H2,1-3H3. The highest BCUT2D eigenvalue weighted by molar-refractivity contribution is 7.11. The van der Waals surface area contributed by atoms with Crippen molar-refractivity contribution in [2.24, 2.45) is 11.1 Å². The first-order valence-electron chi connectivity index (χ1n) is 7.47. The molecule has 4 heteroatoms. The van der Waals surface area contributed by atoms with Gasteiger partial charge in [0.15, 0.2) is 0 Å². The third-order valence-electron chi connectivity index (χ3n) is 4.27. The van der Waals surface area contributed by atoms with Crippen LogP contribution in [0.1, 0.15) is 42.9 Å². The van der Waals surface area contributed by atoms with E-state index in [1.54, 1.807) is 0 Å². The van der Waals surface area contributed by atoms with Crippen molar-refractivity contribution < 1.29 is 4.79 Å². The van der Waals surface area contributed by atoms with E-state index in [1.807, 2.05) is 16.2 Å². The molecule has 1 aromatic heterocycles. The molecule has 20 heavy (non-hydrogen) atoms. The average Bonchev–Trinajstić information content (AvgIpc) is 2.78. The molecule has 0 aliphatic carbocycles. The normalized spacial score (nSPS) is 22.0. The van der Waals surface area contributed by atoms with Crippen LogP contribution in [0.2, 0.25) is 0 Å². The first-order valence-corrected chi connectivity index (χ1v) is 8.29. The van der Waals surface area contributed by atoms with Crippen LogP contribution in [0.15, 0.2) is 12.1 Å². The Balaban J connectivity index is 1.77. The molecule has 1 unspecified atom stereocenters. The highest BCUT2D eigenvalue weighted by Crippen LogP contribution is 2.28. The Morgan fingerprint density at radius 3 is 2.85 bits per heavy atom. The van der Waals surface area contributed by atoms with Crippen LogP contribution >= 0.6 is 11.3 Å². The van der Waals surface area contributed by atoms with E-state index in [9.17, 15) is 4.79 Å². The first-order chi connectivity index (χ1) is 9.38. The molecule has 2 rings (SSSR count). The molecule has 3 nitrogen and oxygen atoms in total. The Kier molecular flexibility index (Phi) is 4.86. The molecule has 2 N–H and O–H groups in total. The number of amides is 1. The number of rotatable bonds is 4. The topological polar surface area (TPSA) is 46.3 Å². The summed E-state index contributed by atoms with van der Waals surface area (Å²) in [7, 11) is 0. The van der Waals surface area contributed by atoms with Crippen molar-refractivity contribution >= 4 is 17.2 Å². The fraction of sp³-hybridized carbons (Fsp3) is 0.688. The number of nitrogens with two attached hydrogens (primary N) is 1. The highest BCUT2D eigenvalue weighted by Gasteiger charge is 2.34. The number of hydrogen-bond donors (Lipinski definition) is 1. The van der Waals surface area contributed by atoms with Crippen LogP contribution in [0.3, 0.4) is 0 Å². The third kappa shape index (κ3) is 3.83. The maximum Gasteiger partial charge on any atom is 0.222 e. The van der Waals surface area contributed by atoms with Gasteiger partial charge in [0.1, 0.15) is 0 Å². The number of carbonyl (C=O) groups excluding carboxylic acids is 1. The summed E-state index contributed by atoms with van der Waals surface area (Å²) < 4.78 is 0. The summed E-state index contributed by atoms with van der Waals surface area (Å²) in [5.74, 6) is 0.290. The minimum absolute atomic E-state index is 0.0405. The zero-order chi connectivity index (χ0) is 14.8. The second kappa shape index (κ2) is 6.27. The van der Waals surface area contributed by atoms with Crippen LogP contribution in [0, 0.1) is 12.3 Å². The quantitative estimate of drug-likeness (QED) is 0.928. The second-order valence-electron chi connectivity index (χ2n) is 6.56. The lowest BCUT2D eigenvalue weighted by atomic mass is 9.79. The van der Waals surface area contributed by atoms with Gasteiger partial charge in [0.05, 0.1) is 0 Å². The van der Waals surface area contributed by atoms with Gasteiger partial charge in [-0.15, -0.1) is 11.3 Å². The number of likely N-dealkylation sites (tertiary alicyclic amines) is 1. The number of nitrogens with zero attached hydrogens (tertiary/aromatic N) is 1. The van der Waals surface area contributed by atoms with Crippen molar-refractivity contribution in [1.82, 2.24) is 4.90 Å². The molecule has 0 spiro atoms. The maximum absolute atomic E-state index is 12.3. The van der Waals surface area contributed by atoms with Gasteiger partial charge in [0.25, 0.3) is 0 Å². The minimum Gasteiger partial charge on any atom is -0.342 e. The molecule has 0 saturated carbocycles. The molecule has 1 saturated heterocycles. The summed E-state index contributed by atoms with van der Waals surface area (Å²) in [5.41, 5.74) is 6.16. The number of aryl methyl sites for hydroxylation is 2. The Labute approximate surface area is 126 Å². The molecule has 1 aliphatic rings. The molecule has 1 atom stereocenters. The van der Waals surface area contributed by atoms with Crippen molar-refractivity contribution in [2.75, 3.05) is 13.1 Å². The molecule has 0 radical (unpaired) electrons. The molecule has 2 heterocycles. The predicted molar refractivity (Wildman–Crippen MR) is 84.9 cm³/mol. The molecular weight excluding hydrogens is 268 g/mol. The van der Waals surface area contributed by atoms with E-state index in [0.717, 1.165) is 32.4 Å². The Morgan fingerprint density at radius 2 is 2.25 bits per heavy atom. The fourth-order valence-electron chi connectivity index (χ4n) is 2.78. The van der Waals surface area contributed by atoms with Crippen LogP contribution in [-0.2, 0) is 11.2 Å². The van der Waals surface area contributed by atoms with Crippen molar-refractivity contribution in [2.45, 2.75) is 52.5 Å². The fourth-order valence-corrected chi connectivity index (χ4v) is 3.71. The van der Waals surface area contributed by atoms with Gasteiger partial charge in [-0.05, 0) is 43.7 Å². The molecule has 1 fully saturated rings. The number of piperidine rings is 1. The summed E-state index contributed by atoms with van der Waals surface area (Å²) in [6, 6.07) is 4.53. The predicted octanol–water partition coefficient (Wildman–Crippen LogP) is 2.97. The van der Waals surface area contributed by atoms with Gasteiger partial charge in [0, 0.05) is 35.3 Å². The van der Waals surface area contributed by atoms with E-state index >= 15 is 0 Å². The smallest absolute Gasteiger partial charge is 0.222 e. The second-order valence-corrected chi connectivity index (χ2v) is 7.94.